The van der Waals surface area contributed by atoms with Gasteiger partial charge >= 0.3 is 5.97 Å². The van der Waals surface area contributed by atoms with E-state index in [1.807, 2.05) is 6.92 Å². The normalized spacial score (nSPS) is 15.6. The van der Waals surface area contributed by atoms with E-state index in [0.29, 0.717) is 23.4 Å². The number of nitrogens with zero attached hydrogens (tertiary/aromatic N) is 3. The summed E-state index contributed by atoms with van der Waals surface area (Å²) in [4.78, 5) is 31.0. The van der Waals surface area contributed by atoms with Gasteiger partial charge in [0.1, 0.15) is 18.4 Å². The summed E-state index contributed by atoms with van der Waals surface area (Å²) in [7, 11) is -4.26. The fourth-order valence-electron chi connectivity index (χ4n) is 3.98. The SMILES string of the molecule is CCC#CCOc1ccc(S(=O)(=O)N2Cc3ccccc3N(C(=O)c3cccnc3)CC2C(=O)O)cc1. The fourth-order valence-corrected chi connectivity index (χ4v) is 5.53. The first-order valence-electron chi connectivity index (χ1n) is 11.6. The predicted octanol–water partition coefficient (Wildman–Crippen LogP) is 3.18. The molecule has 1 aromatic heterocycles. The second kappa shape index (κ2) is 11.2. The van der Waals surface area contributed by atoms with Gasteiger partial charge in [-0.05, 0) is 48.0 Å². The van der Waals surface area contributed by atoms with E-state index in [0.717, 1.165) is 4.31 Å². The number of carbonyl (C=O) groups excluding carboxylic acids is 1. The van der Waals surface area contributed by atoms with Crippen molar-refractivity contribution in [1.29, 1.82) is 0 Å². The van der Waals surface area contributed by atoms with Crippen LogP contribution in [0.2, 0.25) is 0 Å². The van der Waals surface area contributed by atoms with E-state index in [1.54, 1.807) is 36.4 Å². The van der Waals surface area contributed by atoms with Crippen LogP contribution < -0.4 is 9.64 Å². The Morgan fingerprint density at radius 3 is 2.51 bits per heavy atom. The number of hydrogen-bond donors (Lipinski definition) is 1. The molecule has 0 bridgehead atoms. The maximum Gasteiger partial charge on any atom is 0.323 e. The number of pyridine rings is 1. The Kier molecular flexibility index (Phi) is 7.86. The third-order valence-corrected chi connectivity index (χ3v) is 7.66. The maximum absolute atomic E-state index is 13.7. The molecule has 1 N–H and O–H groups in total. The molecule has 0 saturated heterocycles. The highest BCUT2D eigenvalue weighted by molar-refractivity contribution is 7.89. The quantitative estimate of drug-likeness (QED) is 0.497. The van der Waals surface area contributed by atoms with Gasteiger partial charge in [-0.25, -0.2) is 8.42 Å². The molecule has 0 spiro atoms. The number of benzene rings is 2. The van der Waals surface area contributed by atoms with Crippen molar-refractivity contribution in [2.75, 3.05) is 18.1 Å². The molecule has 9 nitrogen and oxygen atoms in total. The van der Waals surface area contributed by atoms with Gasteiger partial charge in [0, 0.05) is 31.0 Å². The van der Waals surface area contributed by atoms with Gasteiger partial charge in [-0.15, -0.1) is 5.92 Å². The Hall–Kier alpha value is -4.20. The first kappa shape index (κ1) is 25.9. The Balaban J connectivity index is 1.70. The zero-order valence-electron chi connectivity index (χ0n) is 20.1. The lowest BCUT2D eigenvalue weighted by Gasteiger charge is -2.28. The molecule has 2 aromatic carbocycles. The highest BCUT2D eigenvalue weighted by Gasteiger charge is 2.41. The summed E-state index contributed by atoms with van der Waals surface area (Å²) in [6, 6.07) is 14.2. The third kappa shape index (κ3) is 5.63. The maximum atomic E-state index is 13.7. The van der Waals surface area contributed by atoms with Crippen molar-refractivity contribution in [2.45, 2.75) is 30.8 Å². The van der Waals surface area contributed by atoms with E-state index < -0.39 is 27.9 Å². The van der Waals surface area contributed by atoms with Gasteiger partial charge in [0.2, 0.25) is 10.0 Å². The minimum absolute atomic E-state index is 0.0877. The van der Waals surface area contributed by atoms with Gasteiger partial charge in [0.05, 0.1) is 17.0 Å². The van der Waals surface area contributed by atoms with Crippen LogP contribution in [-0.4, -0.2) is 53.9 Å². The number of anilines is 1. The lowest BCUT2D eigenvalue weighted by atomic mass is 10.1. The largest absolute Gasteiger partial charge is 0.481 e. The summed E-state index contributed by atoms with van der Waals surface area (Å²) in [5, 5.41) is 10.1. The average molecular weight is 520 g/mol. The zero-order chi connectivity index (χ0) is 26.4. The Labute approximate surface area is 215 Å². The molecule has 0 aliphatic carbocycles. The number of rotatable bonds is 6. The van der Waals surface area contributed by atoms with E-state index in [2.05, 4.69) is 16.8 Å². The topological polar surface area (TPSA) is 117 Å². The molecule has 1 amide bonds. The molecule has 1 atom stereocenters. The molecule has 190 valence electrons. The van der Waals surface area contributed by atoms with Gasteiger partial charge in [-0.2, -0.15) is 4.31 Å². The predicted molar refractivity (Wildman–Crippen MR) is 137 cm³/mol. The van der Waals surface area contributed by atoms with Crippen molar-refractivity contribution in [1.82, 2.24) is 9.29 Å². The number of aromatic nitrogens is 1. The van der Waals surface area contributed by atoms with Gasteiger partial charge < -0.3 is 14.7 Å². The minimum Gasteiger partial charge on any atom is -0.481 e. The van der Waals surface area contributed by atoms with E-state index in [9.17, 15) is 23.1 Å². The Bertz CT molecular complexity index is 1450. The van der Waals surface area contributed by atoms with Crippen LogP contribution in [0.1, 0.15) is 29.3 Å². The van der Waals surface area contributed by atoms with Gasteiger partial charge in [-0.3, -0.25) is 14.6 Å². The molecule has 1 unspecified atom stereocenters. The Morgan fingerprint density at radius 1 is 1.08 bits per heavy atom. The van der Waals surface area contributed by atoms with Gasteiger partial charge in [-0.1, -0.05) is 31.0 Å². The van der Waals surface area contributed by atoms with Crippen LogP contribution in [0.25, 0.3) is 0 Å². The highest BCUT2D eigenvalue weighted by Crippen LogP contribution is 2.32. The van der Waals surface area contributed by atoms with Crippen molar-refractivity contribution < 1.29 is 27.9 Å². The fraction of sp³-hybridized carbons (Fsp3) is 0.222. The number of hydrogen-bond acceptors (Lipinski definition) is 6. The molecule has 1 aliphatic rings. The number of fused-ring (bicyclic) bond motifs is 1. The highest BCUT2D eigenvalue weighted by atomic mass is 32.2. The van der Waals surface area contributed by atoms with Crippen LogP contribution in [-0.2, 0) is 21.4 Å². The van der Waals surface area contributed by atoms with Gasteiger partial charge in [0.25, 0.3) is 5.91 Å². The number of ether oxygens (including phenoxy) is 1. The molecule has 2 heterocycles. The molecule has 1 aliphatic heterocycles. The van der Waals surface area contributed by atoms with Crippen LogP contribution in [0, 0.1) is 11.8 Å². The lowest BCUT2D eigenvalue weighted by Crippen LogP contribution is -2.50. The summed E-state index contributed by atoms with van der Waals surface area (Å²) in [6.45, 7) is 1.49. The molecule has 0 saturated carbocycles. The van der Waals surface area contributed by atoms with Crippen molar-refractivity contribution in [3.8, 4) is 17.6 Å². The van der Waals surface area contributed by atoms with Crippen molar-refractivity contribution in [2.24, 2.45) is 0 Å². The van der Waals surface area contributed by atoms with E-state index in [-0.39, 0.29) is 30.2 Å². The molecule has 3 aromatic rings. The monoisotopic (exact) mass is 519 g/mol. The second-order valence-corrected chi connectivity index (χ2v) is 10.0. The number of para-hydroxylation sites is 1. The smallest absolute Gasteiger partial charge is 0.323 e. The van der Waals surface area contributed by atoms with Crippen LogP contribution in [0.15, 0.2) is 78.0 Å². The zero-order valence-corrected chi connectivity index (χ0v) is 20.9. The van der Waals surface area contributed by atoms with Crippen LogP contribution in [0.3, 0.4) is 0 Å². The second-order valence-electron chi connectivity index (χ2n) is 8.16. The standard InChI is InChI=1S/C27H25N3O6S/c1-2-3-6-16-36-22-11-13-23(14-12-22)37(34,35)30-18-21-8-4-5-10-24(21)29(19-25(30)27(32)33)26(31)20-9-7-15-28-17-20/h4-5,7-15,17,25H,2,16,18-19H2,1H3,(H,32,33). The van der Waals surface area contributed by atoms with Crippen LogP contribution in [0.4, 0.5) is 5.69 Å². The summed E-state index contributed by atoms with van der Waals surface area (Å²) in [6.07, 6.45) is 3.61. The number of carbonyl (C=O) groups is 2. The number of sulfonamides is 1. The minimum atomic E-state index is -4.26. The number of amides is 1. The van der Waals surface area contributed by atoms with Crippen LogP contribution >= 0.6 is 0 Å². The van der Waals surface area contributed by atoms with Crippen LogP contribution in [0.5, 0.6) is 5.75 Å². The first-order chi connectivity index (χ1) is 17.8. The first-order valence-corrected chi connectivity index (χ1v) is 13.0. The van der Waals surface area contributed by atoms with Gasteiger partial charge in [0.15, 0.2) is 0 Å². The van der Waals surface area contributed by atoms with E-state index >= 15 is 0 Å². The van der Waals surface area contributed by atoms with E-state index in [1.165, 1.54) is 41.6 Å². The molecular formula is C27H25N3O6S. The third-order valence-electron chi connectivity index (χ3n) is 5.79. The van der Waals surface area contributed by atoms with Crippen molar-refractivity contribution in [3.05, 3.63) is 84.2 Å². The molecule has 0 radical (unpaired) electrons. The number of carboxylic acids is 1. The Morgan fingerprint density at radius 2 is 1.84 bits per heavy atom. The van der Waals surface area contributed by atoms with E-state index in [4.69, 9.17) is 4.74 Å². The van der Waals surface area contributed by atoms with Crippen molar-refractivity contribution in [3.63, 3.8) is 0 Å². The summed E-state index contributed by atoms with van der Waals surface area (Å²) < 4.78 is 33.8. The number of aliphatic carboxylic acids is 1. The molecular weight excluding hydrogens is 494 g/mol. The average Bonchev–Trinajstić information content (AvgIpc) is 3.09. The molecule has 0 fully saturated rings. The molecule has 4 rings (SSSR count). The van der Waals surface area contributed by atoms with Crippen molar-refractivity contribution >= 4 is 27.6 Å². The summed E-state index contributed by atoms with van der Waals surface area (Å²) >= 11 is 0. The molecule has 10 heteroatoms. The lowest BCUT2D eigenvalue weighted by molar-refractivity contribution is -0.141. The summed E-state index contributed by atoms with van der Waals surface area (Å²) in [5.41, 5.74) is 1.20. The molecule has 37 heavy (non-hydrogen) atoms. The summed E-state index contributed by atoms with van der Waals surface area (Å²) in [5.74, 6) is 4.32. The number of carboxylic acid groups (broad SMARTS) is 1.